The third kappa shape index (κ3) is 3.50. The van der Waals surface area contributed by atoms with Crippen LogP contribution in [0.3, 0.4) is 0 Å². The molecule has 0 aromatic carbocycles. The smallest absolute Gasteiger partial charge is 0.368 e. The number of anilines is 2. The van der Waals surface area contributed by atoms with Crippen molar-refractivity contribution in [1.29, 1.82) is 0 Å². The lowest BCUT2D eigenvalue weighted by Gasteiger charge is -2.33. The van der Waals surface area contributed by atoms with Crippen LogP contribution in [0.5, 0.6) is 0 Å². The van der Waals surface area contributed by atoms with Gasteiger partial charge in [0.05, 0.1) is 0 Å². The van der Waals surface area contributed by atoms with Gasteiger partial charge >= 0.3 is 23.9 Å². The summed E-state index contributed by atoms with van der Waals surface area (Å²) in [6.45, 7) is 0. The van der Waals surface area contributed by atoms with Crippen LogP contribution >= 0.6 is 0 Å². The molecule has 1 aromatic heterocycles. The Kier molecular flexibility index (Phi) is 4.60. The van der Waals surface area contributed by atoms with Crippen molar-refractivity contribution in [3.63, 3.8) is 0 Å². The maximum Gasteiger partial charge on any atom is 0.460 e. The summed E-state index contributed by atoms with van der Waals surface area (Å²) in [6, 6.07) is 0. The summed E-state index contributed by atoms with van der Waals surface area (Å²) in [5.41, 5.74) is 10.1. The minimum atomic E-state index is -6.93. The average Bonchev–Trinajstić information content (AvgIpc) is 2.33. The van der Waals surface area contributed by atoms with Gasteiger partial charge in [-0.2, -0.15) is 54.5 Å². The molecule has 4 N–H and O–H groups in total. The number of nitrogens with two attached hydrogens (primary N) is 2. The molecule has 1 rings (SSSR count). The van der Waals surface area contributed by atoms with E-state index in [2.05, 4.69) is 15.0 Å². The number of alkyl halides is 9. The van der Waals surface area contributed by atoms with E-state index in [-0.39, 0.29) is 0 Å². The first kappa shape index (κ1) is 19.0. The normalized spacial score (nSPS) is 14.1. The Balaban J connectivity index is 3.01. The molecule has 0 aliphatic rings. The molecule has 1 aromatic rings. The molecular formula is C9H8F9N5. The lowest BCUT2D eigenvalue weighted by atomic mass is 9.99. The molecule has 14 heteroatoms. The molecule has 0 aliphatic heterocycles. The molecule has 0 saturated heterocycles. The Morgan fingerprint density at radius 1 is 0.696 bits per heavy atom. The van der Waals surface area contributed by atoms with Gasteiger partial charge in [-0.05, 0) is 0 Å². The minimum Gasteiger partial charge on any atom is -0.368 e. The van der Waals surface area contributed by atoms with Gasteiger partial charge in [0, 0.05) is 12.8 Å². The van der Waals surface area contributed by atoms with Crippen LogP contribution in [0.2, 0.25) is 0 Å². The second kappa shape index (κ2) is 5.56. The molecule has 0 saturated carbocycles. The van der Waals surface area contributed by atoms with Crippen LogP contribution in [0.1, 0.15) is 12.2 Å². The van der Waals surface area contributed by atoms with E-state index in [9.17, 15) is 39.5 Å². The molecular weight excluding hydrogens is 349 g/mol. The van der Waals surface area contributed by atoms with Crippen molar-refractivity contribution < 1.29 is 39.5 Å². The fourth-order valence-electron chi connectivity index (χ4n) is 1.40. The van der Waals surface area contributed by atoms with Gasteiger partial charge in [-0.3, -0.25) is 0 Å². The molecule has 1 heterocycles. The van der Waals surface area contributed by atoms with Crippen LogP contribution in [0, 0.1) is 0 Å². The zero-order valence-electron chi connectivity index (χ0n) is 10.8. The predicted octanol–water partition coefficient (Wildman–Crippen LogP) is 2.44. The molecule has 0 atom stereocenters. The van der Waals surface area contributed by atoms with E-state index in [0.717, 1.165) is 0 Å². The fraction of sp³-hybridized carbons (Fsp3) is 0.667. The SMILES string of the molecule is Nc1nc(N)nc(CCC(F)(F)C(F)(F)C(F)(F)C(F)(F)F)n1. The van der Waals surface area contributed by atoms with E-state index >= 15 is 0 Å². The number of nitrogen functional groups attached to an aromatic ring is 2. The van der Waals surface area contributed by atoms with Crippen LogP contribution in [0.15, 0.2) is 0 Å². The van der Waals surface area contributed by atoms with E-state index in [1.807, 2.05) is 0 Å². The second-order valence-electron chi connectivity index (χ2n) is 4.32. The summed E-state index contributed by atoms with van der Waals surface area (Å²) < 4.78 is 113. The van der Waals surface area contributed by atoms with Crippen molar-refractivity contribution in [1.82, 2.24) is 15.0 Å². The van der Waals surface area contributed by atoms with E-state index in [1.54, 1.807) is 0 Å². The molecule has 0 aliphatic carbocycles. The van der Waals surface area contributed by atoms with Gasteiger partial charge in [-0.25, -0.2) is 0 Å². The van der Waals surface area contributed by atoms with Crippen molar-refractivity contribution in [2.75, 3.05) is 11.5 Å². The summed E-state index contributed by atoms with van der Waals surface area (Å²) in [5.74, 6) is -21.1. The van der Waals surface area contributed by atoms with Gasteiger partial charge in [-0.15, -0.1) is 0 Å². The Bertz CT molecular complexity index is 551. The monoisotopic (exact) mass is 357 g/mol. The van der Waals surface area contributed by atoms with Gasteiger partial charge in [0.1, 0.15) is 5.82 Å². The number of aromatic nitrogens is 3. The third-order valence-electron chi connectivity index (χ3n) is 2.59. The largest absolute Gasteiger partial charge is 0.460 e. The molecule has 0 amide bonds. The van der Waals surface area contributed by atoms with E-state index in [1.165, 1.54) is 0 Å². The number of hydrogen-bond acceptors (Lipinski definition) is 5. The highest BCUT2D eigenvalue weighted by molar-refractivity contribution is 5.25. The lowest BCUT2D eigenvalue weighted by molar-refractivity contribution is -0.396. The zero-order valence-corrected chi connectivity index (χ0v) is 10.8. The summed E-state index contributed by atoms with van der Waals surface area (Å²) in [7, 11) is 0. The maximum absolute atomic E-state index is 13.3. The summed E-state index contributed by atoms with van der Waals surface area (Å²) in [4.78, 5) is 9.66. The Morgan fingerprint density at radius 2 is 1.13 bits per heavy atom. The Hall–Kier alpha value is -2.02. The first-order chi connectivity index (χ1) is 10.1. The van der Waals surface area contributed by atoms with Crippen LogP contribution < -0.4 is 11.5 Å². The molecule has 132 valence electrons. The molecule has 23 heavy (non-hydrogen) atoms. The van der Waals surface area contributed by atoms with Crippen LogP contribution in [0.4, 0.5) is 51.4 Å². The first-order valence-electron chi connectivity index (χ1n) is 5.58. The highest BCUT2D eigenvalue weighted by Crippen LogP contribution is 2.54. The molecule has 0 fully saturated rings. The Labute approximate surface area is 121 Å². The average molecular weight is 357 g/mol. The molecule has 0 spiro atoms. The molecule has 5 nitrogen and oxygen atoms in total. The van der Waals surface area contributed by atoms with Gasteiger partial charge < -0.3 is 11.5 Å². The fourth-order valence-corrected chi connectivity index (χ4v) is 1.40. The van der Waals surface area contributed by atoms with Crippen LogP contribution in [-0.4, -0.2) is 38.9 Å². The number of aryl methyl sites for hydroxylation is 1. The zero-order chi connectivity index (χ0) is 18.3. The van der Waals surface area contributed by atoms with Gasteiger partial charge in [0.25, 0.3) is 0 Å². The summed E-state index contributed by atoms with van der Waals surface area (Å²) >= 11 is 0. The quantitative estimate of drug-likeness (QED) is 0.790. The summed E-state index contributed by atoms with van der Waals surface area (Å²) in [6.07, 6.45) is -10.1. The number of halogens is 9. The third-order valence-corrected chi connectivity index (χ3v) is 2.59. The lowest BCUT2D eigenvalue weighted by Crippen LogP contribution is -2.60. The van der Waals surface area contributed by atoms with Crippen molar-refractivity contribution in [3.8, 4) is 0 Å². The van der Waals surface area contributed by atoms with Crippen LogP contribution in [0.25, 0.3) is 0 Å². The van der Waals surface area contributed by atoms with Crippen LogP contribution in [-0.2, 0) is 6.42 Å². The van der Waals surface area contributed by atoms with Crippen molar-refractivity contribution in [2.24, 2.45) is 0 Å². The second-order valence-corrected chi connectivity index (χ2v) is 4.32. The molecule has 0 unspecified atom stereocenters. The van der Waals surface area contributed by atoms with Crippen molar-refractivity contribution in [2.45, 2.75) is 36.8 Å². The number of hydrogen-bond donors (Lipinski definition) is 2. The predicted molar refractivity (Wildman–Crippen MR) is 57.9 cm³/mol. The van der Waals surface area contributed by atoms with Crippen molar-refractivity contribution in [3.05, 3.63) is 5.82 Å². The highest BCUT2D eigenvalue weighted by atomic mass is 19.4. The standard InChI is InChI=1S/C9H8F9N5/c10-6(11,7(12,13)8(14,15)9(16,17)18)2-1-3-21-4(19)23-5(20)22-3/h1-2H2,(H4,19,20,21,22,23). The van der Waals surface area contributed by atoms with Gasteiger partial charge in [-0.1, -0.05) is 0 Å². The maximum atomic E-state index is 13.3. The summed E-state index contributed by atoms with van der Waals surface area (Å²) in [5, 5.41) is 0. The minimum absolute atomic E-state index is 0.566. The van der Waals surface area contributed by atoms with E-state index in [0.29, 0.717) is 0 Å². The number of nitrogens with zero attached hydrogens (tertiary/aromatic N) is 3. The highest BCUT2D eigenvalue weighted by Gasteiger charge is 2.81. The van der Waals surface area contributed by atoms with Crippen molar-refractivity contribution >= 4 is 11.9 Å². The van der Waals surface area contributed by atoms with Gasteiger partial charge in [0.15, 0.2) is 0 Å². The topological polar surface area (TPSA) is 90.7 Å². The Morgan fingerprint density at radius 3 is 1.52 bits per heavy atom. The molecule has 0 bridgehead atoms. The van der Waals surface area contributed by atoms with Gasteiger partial charge in [0.2, 0.25) is 11.9 Å². The number of rotatable bonds is 5. The molecule has 0 radical (unpaired) electrons. The first-order valence-corrected chi connectivity index (χ1v) is 5.58. The van der Waals surface area contributed by atoms with E-state index < -0.39 is 54.5 Å². The van der Waals surface area contributed by atoms with E-state index in [4.69, 9.17) is 11.5 Å².